The number of hydrogen-bond donors (Lipinski definition) is 1. The molecule has 1 aromatic heterocycles. The van der Waals surface area contributed by atoms with Crippen molar-refractivity contribution in [3.63, 3.8) is 0 Å². The van der Waals surface area contributed by atoms with Crippen LogP contribution in [-0.4, -0.2) is 41.9 Å². The van der Waals surface area contributed by atoms with Crippen molar-refractivity contribution >= 4 is 5.82 Å². The normalized spacial score (nSPS) is 16.7. The third-order valence-corrected chi connectivity index (χ3v) is 3.67. The SMILES string of the molecule is CC(C)Cn1ccnc(N2CCC(OCCN)CC2)c1=O. The number of hydrogen-bond acceptors (Lipinski definition) is 5. The van der Waals surface area contributed by atoms with Gasteiger partial charge in [-0.15, -0.1) is 0 Å². The third kappa shape index (κ3) is 4.28. The van der Waals surface area contributed by atoms with Crippen molar-refractivity contribution in [2.45, 2.75) is 39.3 Å². The molecule has 21 heavy (non-hydrogen) atoms. The maximum Gasteiger partial charge on any atom is 0.293 e. The fourth-order valence-corrected chi connectivity index (χ4v) is 2.66. The molecule has 0 atom stereocenters. The summed E-state index contributed by atoms with van der Waals surface area (Å²) >= 11 is 0. The Morgan fingerprint density at radius 1 is 1.43 bits per heavy atom. The second kappa shape index (κ2) is 7.56. The van der Waals surface area contributed by atoms with Gasteiger partial charge in [0.15, 0.2) is 5.82 Å². The second-order valence-electron chi connectivity index (χ2n) is 5.95. The van der Waals surface area contributed by atoms with Crippen molar-refractivity contribution in [1.29, 1.82) is 0 Å². The van der Waals surface area contributed by atoms with E-state index in [1.54, 1.807) is 17.0 Å². The van der Waals surface area contributed by atoms with Gasteiger partial charge in [-0.2, -0.15) is 0 Å². The van der Waals surface area contributed by atoms with Crippen molar-refractivity contribution in [2.75, 3.05) is 31.1 Å². The first-order valence-corrected chi connectivity index (χ1v) is 7.74. The number of piperidine rings is 1. The molecule has 1 aromatic rings. The van der Waals surface area contributed by atoms with Crippen molar-refractivity contribution < 1.29 is 4.74 Å². The zero-order valence-electron chi connectivity index (χ0n) is 13.0. The Hall–Kier alpha value is -1.40. The summed E-state index contributed by atoms with van der Waals surface area (Å²) < 4.78 is 7.42. The zero-order chi connectivity index (χ0) is 15.2. The molecule has 0 bridgehead atoms. The quantitative estimate of drug-likeness (QED) is 0.842. The Labute approximate surface area is 125 Å². The molecule has 2 rings (SSSR count). The molecule has 0 radical (unpaired) electrons. The highest BCUT2D eigenvalue weighted by atomic mass is 16.5. The van der Waals surface area contributed by atoms with Gasteiger partial charge in [-0.3, -0.25) is 4.79 Å². The first kappa shape index (κ1) is 16.0. The van der Waals surface area contributed by atoms with Gasteiger partial charge in [-0.05, 0) is 18.8 Å². The van der Waals surface area contributed by atoms with Crippen LogP contribution in [0.2, 0.25) is 0 Å². The molecule has 118 valence electrons. The zero-order valence-corrected chi connectivity index (χ0v) is 13.0. The summed E-state index contributed by atoms with van der Waals surface area (Å²) in [4.78, 5) is 18.8. The summed E-state index contributed by atoms with van der Waals surface area (Å²) in [7, 11) is 0. The van der Waals surface area contributed by atoms with Crippen LogP contribution in [0, 0.1) is 5.92 Å². The van der Waals surface area contributed by atoms with Crippen LogP contribution < -0.4 is 16.2 Å². The van der Waals surface area contributed by atoms with E-state index in [-0.39, 0.29) is 11.7 Å². The first-order chi connectivity index (χ1) is 10.1. The lowest BCUT2D eigenvalue weighted by molar-refractivity contribution is 0.0420. The molecular formula is C15H26N4O2. The molecule has 1 fully saturated rings. The summed E-state index contributed by atoms with van der Waals surface area (Å²) in [5, 5.41) is 0. The van der Waals surface area contributed by atoms with Crippen LogP contribution in [0.15, 0.2) is 17.2 Å². The van der Waals surface area contributed by atoms with Crippen molar-refractivity contribution in [1.82, 2.24) is 9.55 Å². The average Bonchev–Trinajstić information content (AvgIpc) is 2.47. The fourth-order valence-electron chi connectivity index (χ4n) is 2.66. The van der Waals surface area contributed by atoms with E-state index < -0.39 is 0 Å². The lowest BCUT2D eigenvalue weighted by atomic mass is 10.1. The molecule has 6 nitrogen and oxygen atoms in total. The lowest BCUT2D eigenvalue weighted by Gasteiger charge is -2.32. The molecule has 0 aromatic carbocycles. The van der Waals surface area contributed by atoms with Gasteiger partial charge in [0.05, 0.1) is 12.7 Å². The summed E-state index contributed by atoms with van der Waals surface area (Å²) in [6, 6.07) is 0. The summed E-state index contributed by atoms with van der Waals surface area (Å²) in [6.45, 7) is 7.71. The Morgan fingerprint density at radius 2 is 2.14 bits per heavy atom. The van der Waals surface area contributed by atoms with Gasteiger partial charge in [0.25, 0.3) is 5.56 Å². The monoisotopic (exact) mass is 294 g/mol. The van der Waals surface area contributed by atoms with Gasteiger partial charge >= 0.3 is 0 Å². The minimum Gasteiger partial charge on any atom is -0.377 e. The Kier molecular flexibility index (Phi) is 5.76. The fraction of sp³-hybridized carbons (Fsp3) is 0.733. The molecule has 0 unspecified atom stereocenters. The largest absolute Gasteiger partial charge is 0.377 e. The molecule has 1 aliphatic heterocycles. The van der Waals surface area contributed by atoms with Crippen molar-refractivity contribution in [3.8, 4) is 0 Å². The van der Waals surface area contributed by atoms with Crippen LogP contribution >= 0.6 is 0 Å². The van der Waals surface area contributed by atoms with Gasteiger partial charge in [0, 0.05) is 38.6 Å². The first-order valence-electron chi connectivity index (χ1n) is 7.74. The van der Waals surface area contributed by atoms with Gasteiger partial charge < -0.3 is 19.9 Å². The van der Waals surface area contributed by atoms with Crippen molar-refractivity contribution in [2.24, 2.45) is 11.7 Å². The topological polar surface area (TPSA) is 73.4 Å². The van der Waals surface area contributed by atoms with Gasteiger partial charge in [0.1, 0.15) is 0 Å². The van der Waals surface area contributed by atoms with Crippen LogP contribution in [0.25, 0.3) is 0 Å². The van der Waals surface area contributed by atoms with E-state index in [1.807, 2.05) is 0 Å². The number of nitrogens with zero attached hydrogens (tertiary/aromatic N) is 3. The molecule has 0 aliphatic carbocycles. The van der Waals surface area contributed by atoms with E-state index in [9.17, 15) is 4.79 Å². The Bertz CT molecular complexity index is 493. The predicted molar refractivity (Wildman–Crippen MR) is 83.6 cm³/mol. The molecule has 0 spiro atoms. The molecule has 6 heteroatoms. The van der Waals surface area contributed by atoms with Crippen molar-refractivity contribution in [3.05, 3.63) is 22.7 Å². The van der Waals surface area contributed by atoms with Crippen LogP contribution in [0.5, 0.6) is 0 Å². The second-order valence-corrected chi connectivity index (χ2v) is 5.95. The molecule has 2 heterocycles. The van der Waals surface area contributed by atoms with E-state index in [0.29, 0.717) is 24.9 Å². The van der Waals surface area contributed by atoms with E-state index in [1.165, 1.54) is 0 Å². The number of ether oxygens (including phenoxy) is 1. The van der Waals surface area contributed by atoms with Gasteiger partial charge in [0.2, 0.25) is 0 Å². The molecule has 2 N–H and O–H groups in total. The Morgan fingerprint density at radius 3 is 2.76 bits per heavy atom. The smallest absolute Gasteiger partial charge is 0.293 e. The standard InChI is InChI=1S/C15H26N4O2/c1-12(2)11-19-9-6-17-14(15(19)20)18-7-3-13(4-8-18)21-10-5-16/h6,9,12-13H,3-5,7-8,10-11,16H2,1-2H3. The maximum absolute atomic E-state index is 12.5. The summed E-state index contributed by atoms with van der Waals surface area (Å²) in [6.07, 6.45) is 5.57. The van der Waals surface area contributed by atoms with Crippen LogP contribution in [0.1, 0.15) is 26.7 Å². The number of aromatic nitrogens is 2. The molecule has 1 saturated heterocycles. The van der Waals surface area contributed by atoms with Gasteiger partial charge in [-0.1, -0.05) is 13.8 Å². The highest BCUT2D eigenvalue weighted by Gasteiger charge is 2.22. The molecular weight excluding hydrogens is 268 g/mol. The highest BCUT2D eigenvalue weighted by molar-refractivity contribution is 5.36. The summed E-state index contributed by atoms with van der Waals surface area (Å²) in [5.74, 6) is 1.00. The predicted octanol–water partition coefficient (Wildman–Crippen LogP) is 0.843. The average molecular weight is 294 g/mol. The van der Waals surface area contributed by atoms with E-state index in [4.69, 9.17) is 10.5 Å². The Balaban J connectivity index is 2.02. The van der Waals surface area contributed by atoms with Crippen LogP contribution in [0.3, 0.4) is 0 Å². The molecule has 0 saturated carbocycles. The molecule has 0 amide bonds. The van der Waals surface area contributed by atoms with Crippen LogP contribution in [0.4, 0.5) is 5.82 Å². The van der Waals surface area contributed by atoms with E-state index in [2.05, 4.69) is 23.7 Å². The van der Waals surface area contributed by atoms with E-state index in [0.717, 1.165) is 32.5 Å². The van der Waals surface area contributed by atoms with Gasteiger partial charge in [-0.25, -0.2) is 4.98 Å². The number of anilines is 1. The maximum atomic E-state index is 12.5. The number of nitrogens with two attached hydrogens (primary N) is 1. The summed E-state index contributed by atoms with van der Waals surface area (Å²) in [5.41, 5.74) is 5.46. The lowest BCUT2D eigenvalue weighted by Crippen LogP contribution is -2.41. The highest BCUT2D eigenvalue weighted by Crippen LogP contribution is 2.17. The van der Waals surface area contributed by atoms with E-state index >= 15 is 0 Å². The van der Waals surface area contributed by atoms with Crippen LogP contribution in [-0.2, 0) is 11.3 Å². The molecule has 1 aliphatic rings. The minimum atomic E-state index is 0.00697. The minimum absolute atomic E-state index is 0.00697. The number of rotatable bonds is 6. The third-order valence-electron chi connectivity index (χ3n) is 3.67.